The van der Waals surface area contributed by atoms with Gasteiger partial charge < -0.3 is 10.7 Å². The van der Waals surface area contributed by atoms with Crippen LogP contribution in [0.5, 0.6) is 0 Å². The Morgan fingerprint density at radius 2 is 2.56 bits per heavy atom. The van der Waals surface area contributed by atoms with Crippen molar-refractivity contribution >= 4 is 6.21 Å². The molecule has 50 valence electrons. The van der Waals surface area contributed by atoms with Crippen LogP contribution < -0.4 is 5.32 Å². The van der Waals surface area contributed by atoms with E-state index in [1.165, 1.54) is 19.4 Å². The zero-order valence-electron chi connectivity index (χ0n) is 5.48. The molecule has 0 radical (unpaired) electrons. The van der Waals surface area contributed by atoms with E-state index >= 15 is 0 Å². The first-order valence-corrected chi connectivity index (χ1v) is 3.59. The predicted molar refractivity (Wildman–Crippen MR) is 36.8 cm³/mol. The highest BCUT2D eigenvalue weighted by atomic mass is 14.9. The van der Waals surface area contributed by atoms with Crippen LogP contribution in [0.25, 0.3) is 0 Å². The van der Waals surface area contributed by atoms with E-state index in [1.54, 1.807) is 6.21 Å². The second-order valence-electron chi connectivity index (χ2n) is 3.27. The number of nitrogens with one attached hydrogen (secondary N) is 2. The third-order valence-corrected chi connectivity index (χ3v) is 2.73. The Hall–Kier alpha value is -0.370. The van der Waals surface area contributed by atoms with Crippen LogP contribution in [0.2, 0.25) is 0 Å². The Bertz CT molecular complexity index is 136. The highest BCUT2D eigenvalue weighted by molar-refractivity contribution is 5.63. The second-order valence-corrected chi connectivity index (χ2v) is 3.27. The highest BCUT2D eigenvalue weighted by Gasteiger charge is 2.53. The van der Waals surface area contributed by atoms with Crippen molar-refractivity contribution in [2.75, 3.05) is 13.1 Å². The fraction of sp³-hybridized carbons (Fsp3) is 0.857. The van der Waals surface area contributed by atoms with Crippen molar-refractivity contribution in [1.29, 1.82) is 5.41 Å². The summed E-state index contributed by atoms with van der Waals surface area (Å²) in [7, 11) is 0. The first-order valence-electron chi connectivity index (χ1n) is 3.59. The van der Waals surface area contributed by atoms with E-state index < -0.39 is 0 Å². The van der Waals surface area contributed by atoms with E-state index in [2.05, 4.69) is 5.32 Å². The summed E-state index contributed by atoms with van der Waals surface area (Å²) in [5.74, 6) is 0.618. The Labute approximate surface area is 55.2 Å². The monoisotopic (exact) mass is 124 g/mol. The van der Waals surface area contributed by atoms with Gasteiger partial charge in [-0.2, -0.15) is 0 Å². The van der Waals surface area contributed by atoms with Crippen molar-refractivity contribution < 1.29 is 0 Å². The summed E-state index contributed by atoms with van der Waals surface area (Å²) in [5.41, 5.74) is 0.557. The van der Waals surface area contributed by atoms with Crippen molar-refractivity contribution in [3.8, 4) is 0 Å². The summed E-state index contributed by atoms with van der Waals surface area (Å²) < 4.78 is 0. The van der Waals surface area contributed by atoms with E-state index in [4.69, 9.17) is 5.41 Å². The van der Waals surface area contributed by atoms with Gasteiger partial charge in [0.15, 0.2) is 0 Å². The molecule has 2 rings (SSSR count). The number of rotatable bonds is 1. The molecule has 0 amide bonds. The van der Waals surface area contributed by atoms with Crippen molar-refractivity contribution in [3.05, 3.63) is 0 Å². The Balaban J connectivity index is 2.04. The topological polar surface area (TPSA) is 35.9 Å². The van der Waals surface area contributed by atoms with Crippen LogP contribution in [-0.2, 0) is 0 Å². The van der Waals surface area contributed by atoms with Gasteiger partial charge in [0.05, 0.1) is 0 Å². The lowest BCUT2D eigenvalue weighted by molar-refractivity contribution is 0.550. The summed E-state index contributed by atoms with van der Waals surface area (Å²) in [6.45, 7) is 2.33. The molecule has 1 aliphatic heterocycles. The molecule has 2 atom stereocenters. The quantitative estimate of drug-likeness (QED) is 0.494. The molecule has 9 heavy (non-hydrogen) atoms. The van der Waals surface area contributed by atoms with E-state index in [-0.39, 0.29) is 0 Å². The normalized spacial score (nSPS) is 47.8. The fourth-order valence-corrected chi connectivity index (χ4v) is 1.87. The molecule has 2 N–H and O–H groups in total. The van der Waals surface area contributed by atoms with E-state index in [0.717, 1.165) is 6.54 Å². The van der Waals surface area contributed by atoms with Gasteiger partial charge in [0.2, 0.25) is 0 Å². The third-order valence-electron chi connectivity index (χ3n) is 2.73. The second kappa shape index (κ2) is 1.57. The summed E-state index contributed by atoms with van der Waals surface area (Å²) in [4.78, 5) is 0. The minimum absolute atomic E-state index is 0.557. The number of hydrogen-bond donors (Lipinski definition) is 2. The molecule has 2 unspecified atom stereocenters. The standard InChI is InChI=1S/C7H12N2/c8-4-6-3-7(6)1-2-9-5-7/h4,6,8-9H,1-3,5H2. The van der Waals surface area contributed by atoms with Gasteiger partial charge in [0.25, 0.3) is 0 Å². The Kier molecular flexibility index (Phi) is 0.943. The average Bonchev–Trinajstić information content (AvgIpc) is 2.30. The molecular weight excluding hydrogens is 112 g/mol. The van der Waals surface area contributed by atoms with Crippen LogP contribution in [0.4, 0.5) is 0 Å². The molecule has 0 bridgehead atoms. The van der Waals surface area contributed by atoms with Gasteiger partial charge in [-0.25, -0.2) is 0 Å². The molecule has 2 aliphatic rings. The summed E-state index contributed by atoms with van der Waals surface area (Å²) >= 11 is 0. The minimum Gasteiger partial charge on any atom is -0.316 e. The minimum atomic E-state index is 0.557. The highest BCUT2D eigenvalue weighted by Crippen LogP contribution is 2.55. The molecule has 2 fully saturated rings. The van der Waals surface area contributed by atoms with E-state index in [1.807, 2.05) is 0 Å². The molecule has 2 heteroatoms. The molecule has 1 heterocycles. The maximum absolute atomic E-state index is 7.06. The van der Waals surface area contributed by atoms with Crippen LogP contribution in [0.1, 0.15) is 12.8 Å². The smallest absolute Gasteiger partial charge is 0.00147 e. The third kappa shape index (κ3) is 0.628. The molecular formula is C7H12N2. The van der Waals surface area contributed by atoms with Gasteiger partial charge in [-0.3, -0.25) is 0 Å². The maximum Gasteiger partial charge on any atom is 0.00147 e. The van der Waals surface area contributed by atoms with Crippen LogP contribution in [-0.4, -0.2) is 19.3 Å². The van der Waals surface area contributed by atoms with Gasteiger partial charge in [-0.1, -0.05) is 0 Å². The van der Waals surface area contributed by atoms with Gasteiger partial charge in [0.1, 0.15) is 0 Å². The molecule has 0 aromatic rings. The first kappa shape index (κ1) is 5.42. The van der Waals surface area contributed by atoms with Gasteiger partial charge in [-0.05, 0) is 31.0 Å². The lowest BCUT2D eigenvalue weighted by Crippen LogP contribution is -2.11. The molecule has 1 spiro atoms. The van der Waals surface area contributed by atoms with Gasteiger partial charge in [0, 0.05) is 12.5 Å². The first-order chi connectivity index (χ1) is 4.37. The summed E-state index contributed by atoms with van der Waals surface area (Å²) in [6, 6.07) is 0. The number of hydrogen-bond acceptors (Lipinski definition) is 2. The summed E-state index contributed by atoms with van der Waals surface area (Å²) in [5, 5.41) is 10.4. The van der Waals surface area contributed by atoms with Crippen LogP contribution in [0.15, 0.2) is 0 Å². The maximum atomic E-state index is 7.06. The zero-order chi connectivity index (χ0) is 6.32. The molecule has 1 saturated heterocycles. The Morgan fingerprint density at radius 3 is 3.00 bits per heavy atom. The molecule has 1 saturated carbocycles. The van der Waals surface area contributed by atoms with Crippen molar-refractivity contribution in [3.63, 3.8) is 0 Å². The van der Waals surface area contributed by atoms with Crippen molar-refractivity contribution in [1.82, 2.24) is 5.32 Å². The van der Waals surface area contributed by atoms with Crippen molar-refractivity contribution in [2.24, 2.45) is 11.3 Å². The predicted octanol–water partition coefficient (Wildman–Crippen LogP) is 0.636. The fourth-order valence-electron chi connectivity index (χ4n) is 1.87. The van der Waals surface area contributed by atoms with Crippen LogP contribution in [0, 0.1) is 16.7 Å². The van der Waals surface area contributed by atoms with E-state index in [9.17, 15) is 0 Å². The van der Waals surface area contributed by atoms with Gasteiger partial charge in [-0.15, -0.1) is 0 Å². The van der Waals surface area contributed by atoms with Crippen LogP contribution >= 0.6 is 0 Å². The molecule has 0 aromatic carbocycles. The molecule has 0 aromatic heterocycles. The molecule has 2 nitrogen and oxygen atoms in total. The zero-order valence-corrected chi connectivity index (χ0v) is 5.48. The van der Waals surface area contributed by atoms with Crippen molar-refractivity contribution in [2.45, 2.75) is 12.8 Å². The SMILES string of the molecule is N=CC1CC12CCNC2. The Morgan fingerprint density at radius 1 is 1.67 bits per heavy atom. The summed E-state index contributed by atoms with van der Waals surface area (Å²) in [6.07, 6.45) is 4.18. The molecule has 1 aliphatic carbocycles. The average molecular weight is 124 g/mol. The largest absolute Gasteiger partial charge is 0.316 e. The lowest BCUT2D eigenvalue weighted by Gasteiger charge is -2.00. The van der Waals surface area contributed by atoms with Gasteiger partial charge >= 0.3 is 0 Å². The lowest BCUT2D eigenvalue weighted by atomic mass is 10.0. The van der Waals surface area contributed by atoms with Crippen LogP contribution in [0.3, 0.4) is 0 Å². The van der Waals surface area contributed by atoms with E-state index in [0.29, 0.717) is 11.3 Å².